The number of hydrogen-bond acceptors (Lipinski definition) is 0. The van der Waals surface area contributed by atoms with Gasteiger partial charge in [0.2, 0.25) is 0 Å². The Bertz CT molecular complexity index is 364. The van der Waals surface area contributed by atoms with Crippen LogP contribution in [0.1, 0.15) is 72.6 Å². The summed E-state index contributed by atoms with van der Waals surface area (Å²) in [6.07, 6.45) is 14.7. The molecule has 0 heteroatoms. The fourth-order valence-corrected chi connectivity index (χ4v) is 5.43. The molecule has 3 unspecified atom stereocenters. The lowest BCUT2D eigenvalue weighted by Crippen LogP contribution is -2.46. The Balaban J connectivity index is 0.000000704. The Morgan fingerprint density at radius 1 is 1.20 bits per heavy atom. The van der Waals surface area contributed by atoms with Gasteiger partial charge in [0.05, 0.1) is 0 Å². The van der Waals surface area contributed by atoms with Crippen molar-refractivity contribution in [3.8, 4) is 0 Å². The normalized spacial score (nSPS) is 43.3. The predicted octanol–water partition coefficient (Wildman–Crippen LogP) is 6.39. The fraction of sp³-hybridized carbons (Fsp3) is 0.800. The molecule has 3 aliphatic rings. The van der Waals surface area contributed by atoms with Crippen LogP contribution >= 0.6 is 0 Å². The molecule has 0 bridgehead atoms. The van der Waals surface area contributed by atoms with E-state index in [1.807, 2.05) is 13.8 Å². The first-order valence-electron chi connectivity index (χ1n) is 8.98. The first kappa shape index (κ1) is 15.9. The molecule has 20 heavy (non-hydrogen) atoms. The van der Waals surface area contributed by atoms with E-state index in [1.165, 1.54) is 44.9 Å². The zero-order chi connectivity index (χ0) is 14.8. The highest BCUT2D eigenvalue weighted by molar-refractivity contribution is 5.22. The summed E-state index contributed by atoms with van der Waals surface area (Å²) in [4.78, 5) is 0. The minimum Gasteiger partial charge on any atom is -0.102 e. The predicted molar refractivity (Wildman–Crippen MR) is 89.7 cm³/mol. The molecule has 3 rings (SSSR count). The molecule has 0 spiro atoms. The van der Waals surface area contributed by atoms with Crippen molar-refractivity contribution < 1.29 is 0 Å². The SMILES string of the molecule is C=CC1C=C2CCC3[C@@H](C)CCC[C@]3(C)C2CC1.CC. The van der Waals surface area contributed by atoms with Crippen molar-refractivity contribution in [2.75, 3.05) is 0 Å². The highest BCUT2D eigenvalue weighted by atomic mass is 14.5. The van der Waals surface area contributed by atoms with Gasteiger partial charge >= 0.3 is 0 Å². The van der Waals surface area contributed by atoms with Crippen molar-refractivity contribution in [1.29, 1.82) is 0 Å². The maximum Gasteiger partial charge on any atom is -0.00532 e. The van der Waals surface area contributed by atoms with Gasteiger partial charge in [0, 0.05) is 0 Å². The minimum absolute atomic E-state index is 0.619. The largest absolute Gasteiger partial charge is 0.102 e. The number of hydrogen-bond donors (Lipinski definition) is 0. The van der Waals surface area contributed by atoms with Gasteiger partial charge in [-0.05, 0) is 61.2 Å². The first-order chi connectivity index (χ1) is 9.65. The summed E-state index contributed by atoms with van der Waals surface area (Å²) < 4.78 is 0. The Labute approximate surface area is 126 Å². The summed E-state index contributed by atoms with van der Waals surface area (Å²) in [6, 6.07) is 0. The van der Waals surface area contributed by atoms with Crippen LogP contribution in [0.3, 0.4) is 0 Å². The van der Waals surface area contributed by atoms with Crippen molar-refractivity contribution in [2.24, 2.45) is 29.1 Å². The molecule has 0 aromatic rings. The van der Waals surface area contributed by atoms with Gasteiger partial charge in [-0.3, -0.25) is 0 Å². The highest BCUT2D eigenvalue weighted by Crippen LogP contribution is 2.59. The average molecular weight is 274 g/mol. The summed E-state index contributed by atoms with van der Waals surface area (Å²) in [5.41, 5.74) is 2.41. The molecule has 2 fully saturated rings. The first-order valence-corrected chi connectivity index (χ1v) is 8.98. The molecule has 0 aromatic carbocycles. The van der Waals surface area contributed by atoms with Crippen LogP contribution in [-0.4, -0.2) is 0 Å². The van der Waals surface area contributed by atoms with Crippen molar-refractivity contribution >= 4 is 0 Å². The van der Waals surface area contributed by atoms with Crippen LogP contribution in [-0.2, 0) is 0 Å². The van der Waals surface area contributed by atoms with Gasteiger partial charge in [0.15, 0.2) is 0 Å². The van der Waals surface area contributed by atoms with Crippen molar-refractivity contribution in [3.05, 3.63) is 24.3 Å². The quantitative estimate of drug-likeness (QED) is 0.486. The average Bonchev–Trinajstić information content (AvgIpc) is 2.48. The van der Waals surface area contributed by atoms with E-state index >= 15 is 0 Å². The van der Waals surface area contributed by atoms with E-state index in [1.54, 1.807) is 5.57 Å². The van der Waals surface area contributed by atoms with Crippen LogP contribution in [0, 0.1) is 29.1 Å². The Morgan fingerprint density at radius 3 is 2.65 bits per heavy atom. The monoisotopic (exact) mass is 274 g/mol. The summed E-state index contributed by atoms with van der Waals surface area (Å²) in [7, 11) is 0. The van der Waals surface area contributed by atoms with Crippen LogP contribution < -0.4 is 0 Å². The molecule has 114 valence electrons. The molecule has 0 amide bonds. The van der Waals surface area contributed by atoms with Gasteiger partial charge in [0.1, 0.15) is 0 Å². The summed E-state index contributed by atoms with van der Waals surface area (Å²) >= 11 is 0. The second kappa shape index (κ2) is 6.50. The summed E-state index contributed by atoms with van der Waals surface area (Å²) in [5.74, 6) is 3.52. The number of allylic oxidation sites excluding steroid dienone is 3. The molecular weight excluding hydrogens is 240 g/mol. The third-order valence-corrected chi connectivity index (χ3v) is 6.42. The van der Waals surface area contributed by atoms with Crippen molar-refractivity contribution in [2.45, 2.75) is 72.6 Å². The Hall–Kier alpha value is -0.520. The van der Waals surface area contributed by atoms with E-state index in [2.05, 4.69) is 32.6 Å². The lowest BCUT2D eigenvalue weighted by Gasteiger charge is -2.55. The van der Waals surface area contributed by atoms with Gasteiger partial charge < -0.3 is 0 Å². The zero-order valence-electron chi connectivity index (χ0n) is 14.1. The van der Waals surface area contributed by atoms with E-state index in [0.29, 0.717) is 11.3 Å². The summed E-state index contributed by atoms with van der Waals surface area (Å²) in [5, 5.41) is 0. The molecule has 0 nitrogen and oxygen atoms in total. The molecule has 3 aliphatic carbocycles. The lowest BCUT2D eigenvalue weighted by atomic mass is 9.50. The molecule has 0 heterocycles. The molecule has 0 aliphatic heterocycles. The van der Waals surface area contributed by atoms with Crippen LogP contribution in [0.2, 0.25) is 0 Å². The number of fused-ring (bicyclic) bond motifs is 3. The van der Waals surface area contributed by atoms with Crippen LogP contribution in [0.15, 0.2) is 24.3 Å². The second-order valence-corrected chi connectivity index (χ2v) is 7.29. The zero-order valence-corrected chi connectivity index (χ0v) is 14.1. The topological polar surface area (TPSA) is 0 Å². The third kappa shape index (κ3) is 2.63. The van der Waals surface area contributed by atoms with Gasteiger partial charge in [-0.25, -0.2) is 0 Å². The van der Waals surface area contributed by atoms with E-state index in [9.17, 15) is 0 Å². The van der Waals surface area contributed by atoms with Crippen molar-refractivity contribution in [1.82, 2.24) is 0 Å². The standard InChI is InChI=1S/C18H28.C2H6/c1-4-14-7-9-17-15(12-14)8-10-16-13(2)6-5-11-18(16,17)3;1-2/h4,12-14,16-17H,1,5-11H2,2-3H3;1-2H3/t13-,14?,16?,17?,18-;/m0./s1. The van der Waals surface area contributed by atoms with Gasteiger partial charge in [-0.15, -0.1) is 6.58 Å². The molecule has 0 N–H and O–H groups in total. The van der Waals surface area contributed by atoms with E-state index in [-0.39, 0.29) is 0 Å². The fourth-order valence-electron chi connectivity index (χ4n) is 5.43. The van der Waals surface area contributed by atoms with Crippen LogP contribution in [0.4, 0.5) is 0 Å². The Kier molecular flexibility index (Phi) is 5.15. The number of rotatable bonds is 1. The van der Waals surface area contributed by atoms with Gasteiger partial charge in [-0.2, -0.15) is 0 Å². The van der Waals surface area contributed by atoms with E-state index < -0.39 is 0 Å². The molecular formula is C20H34. The lowest BCUT2D eigenvalue weighted by molar-refractivity contribution is -0.0109. The maximum atomic E-state index is 3.99. The highest BCUT2D eigenvalue weighted by Gasteiger charge is 2.49. The van der Waals surface area contributed by atoms with Gasteiger partial charge in [0.25, 0.3) is 0 Å². The van der Waals surface area contributed by atoms with Crippen molar-refractivity contribution in [3.63, 3.8) is 0 Å². The molecule has 0 saturated heterocycles. The van der Waals surface area contributed by atoms with Gasteiger partial charge in [-0.1, -0.05) is 58.3 Å². The molecule has 0 aromatic heterocycles. The molecule has 5 atom stereocenters. The molecule has 2 saturated carbocycles. The summed E-state index contributed by atoms with van der Waals surface area (Å²) in [6.45, 7) is 13.1. The Morgan fingerprint density at radius 2 is 1.95 bits per heavy atom. The van der Waals surface area contributed by atoms with E-state index in [4.69, 9.17) is 0 Å². The minimum atomic E-state index is 0.619. The van der Waals surface area contributed by atoms with E-state index in [0.717, 1.165) is 17.8 Å². The second-order valence-electron chi connectivity index (χ2n) is 7.29. The maximum absolute atomic E-state index is 3.99. The van der Waals surface area contributed by atoms with Crippen LogP contribution in [0.25, 0.3) is 0 Å². The molecule has 0 radical (unpaired) electrons. The van der Waals surface area contributed by atoms with Crippen LogP contribution in [0.5, 0.6) is 0 Å². The smallest absolute Gasteiger partial charge is 0.00532 e. The third-order valence-electron chi connectivity index (χ3n) is 6.42.